The van der Waals surface area contributed by atoms with Crippen LogP contribution >= 0.6 is 35.3 Å². The van der Waals surface area contributed by atoms with Gasteiger partial charge in [-0.05, 0) is 19.1 Å². The third kappa shape index (κ3) is 7.50. The van der Waals surface area contributed by atoms with Crippen molar-refractivity contribution >= 4 is 47.7 Å². The molecule has 1 saturated heterocycles. The predicted molar refractivity (Wildman–Crippen MR) is 90.0 cm³/mol. The Bertz CT molecular complexity index is 336. The van der Waals surface area contributed by atoms with Crippen LogP contribution in [0.3, 0.4) is 0 Å². The molecule has 1 unspecified atom stereocenters. The second-order valence-corrected chi connectivity index (χ2v) is 13.5. The molecule has 0 saturated carbocycles. The third-order valence-corrected chi connectivity index (χ3v) is 6.62. The molecule has 0 aliphatic carbocycles. The summed E-state index contributed by atoms with van der Waals surface area (Å²) >= 11 is 5.62. The molecule has 1 nitrogen and oxygen atoms in total. The number of aliphatic imine (C=N–C) groups is 1. The fourth-order valence-corrected chi connectivity index (χ4v) is 6.23. The van der Waals surface area contributed by atoms with Crippen LogP contribution in [-0.2, 0) is 0 Å². The monoisotopic (exact) mass is 303 g/mol. The van der Waals surface area contributed by atoms with Crippen molar-refractivity contribution in [1.82, 2.24) is 0 Å². The van der Waals surface area contributed by atoms with E-state index >= 15 is 0 Å². The third-order valence-electron chi connectivity index (χ3n) is 1.79. The van der Waals surface area contributed by atoms with Gasteiger partial charge in [-0.15, -0.1) is 5.54 Å². The first-order chi connectivity index (χ1) is 7.87. The second-order valence-electron chi connectivity index (χ2n) is 5.33. The van der Waals surface area contributed by atoms with Crippen LogP contribution in [0.2, 0.25) is 19.6 Å². The van der Waals surface area contributed by atoms with E-state index in [0.29, 0.717) is 11.3 Å². The maximum atomic E-state index is 4.60. The molecule has 0 N–H and O–H groups in total. The Morgan fingerprint density at radius 2 is 2.18 bits per heavy atom. The first-order valence-corrected chi connectivity index (χ1v) is 12.2. The molecule has 1 aliphatic heterocycles. The summed E-state index contributed by atoms with van der Waals surface area (Å²) < 4.78 is 1.27. The van der Waals surface area contributed by atoms with E-state index in [1.807, 2.05) is 23.5 Å². The number of hydrogen-bond acceptors (Lipinski definition) is 4. The molecule has 0 radical (unpaired) electrons. The predicted octanol–water partition coefficient (Wildman–Crippen LogP) is 4.17. The Kier molecular flexibility index (Phi) is 6.57. The van der Waals surface area contributed by atoms with Gasteiger partial charge in [-0.2, -0.15) is 0 Å². The van der Waals surface area contributed by atoms with Gasteiger partial charge < -0.3 is 0 Å². The van der Waals surface area contributed by atoms with E-state index in [9.17, 15) is 0 Å². The summed E-state index contributed by atoms with van der Waals surface area (Å²) in [7, 11) is -1.19. The topological polar surface area (TPSA) is 12.4 Å². The summed E-state index contributed by atoms with van der Waals surface area (Å²) in [5.74, 6) is 2.32. The molecular weight excluding hydrogens is 282 g/mol. The molecule has 0 aromatic carbocycles. The fraction of sp³-hybridized carbons (Fsp3) is 0.750. The van der Waals surface area contributed by atoms with Gasteiger partial charge in [0.2, 0.25) is 0 Å². The Balaban J connectivity index is 2.29. The average molecular weight is 304 g/mol. The van der Waals surface area contributed by atoms with Crippen molar-refractivity contribution < 1.29 is 0 Å². The van der Waals surface area contributed by atoms with Gasteiger partial charge >= 0.3 is 0 Å². The molecule has 5 heteroatoms. The largest absolute Gasteiger partial charge is 0.269 e. The highest BCUT2D eigenvalue weighted by atomic mass is 32.2. The van der Waals surface area contributed by atoms with Crippen LogP contribution in [0, 0.1) is 10.8 Å². The second kappa shape index (κ2) is 7.18. The standard InChI is InChI=1S/C12H21NS3Si/c1-10(2)13-12-15-9-11(16-12)8-14-6-7-17(3,4)5/h10-11H,8-9H2,1-5H3. The summed E-state index contributed by atoms with van der Waals surface area (Å²) in [4.78, 5) is 4.60. The molecule has 96 valence electrons. The maximum Gasteiger partial charge on any atom is 0.130 e. The van der Waals surface area contributed by atoms with Crippen molar-refractivity contribution in [2.45, 2.75) is 44.8 Å². The Morgan fingerprint density at radius 1 is 1.47 bits per heavy atom. The van der Waals surface area contributed by atoms with Gasteiger partial charge in [0.1, 0.15) is 12.4 Å². The highest BCUT2D eigenvalue weighted by Crippen LogP contribution is 2.35. The van der Waals surface area contributed by atoms with Crippen LogP contribution in [0.5, 0.6) is 0 Å². The summed E-state index contributed by atoms with van der Waals surface area (Å²) in [5, 5.41) is 3.97. The Hall–Kier alpha value is 0.497. The molecule has 0 spiro atoms. The van der Waals surface area contributed by atoms with Crippen LogP contribution in [0.15, 0.2) is 4.99 Å². The van der Waals surface area contributed by atoms with Crippen molar-refractivity contribution in [2.75, 3.05) is 11.5 Å². The maximum absolute atomic E-state index is 4.60. The van der Waals surface area contributed by atoms with E-state index in [1.54, 1.807) is 11.8 Å². The van der Waals surface area contributed by atoms with Crippen LogP contribution in [0.25, 0.3) is 0 Å². The smallest absolute Gasteiger partial charge is 0.130 e. The zero-order valence-electron chi connectivity index (χ0n) is 11.2. The summed E-state index contributed by atoms with van der Waals surface area (Å²) in [6.45, 7) is 11.1. The number of hydrogen-bond donors (Lipinski definition) is 0. The highest BCUT2D eigenvalue weighted by molar-refractivity contribution is 8.42. The van der Waals surface area contributed by atoms with Crippen molar-refractivity contribution in [2.24, 2.45) is 4.99 Å². The highest BCUT2D eigenvalue weighted by Gasteiger charge is 2.22. The van der Waals surface area contributed by atoms with Crippen LogP contribution < -0.4 is 0 Å². The lowest BCUT2D eigenvalue weighted by Crippen LogP contribution is -2.16. The molecule has 0 aromatic rings. The summed E-state index contributed by atoms with van der Waals surface area (Å²) in [6.07, 6.45) is 0. The Morgan fingerprint density at radius 3 is 2.76 bits per heavy atom. The van der Waals surface area contributed by atoms with E-state index in [-0.39, 0.29) is 0 Å². The van der Waals surface area contributed by atoms with E-state index in [2.05, 4.69) is 49.3 Å². The molecule has 0 aromatic heterocycles. The van der Waals surface area contributed by atoms with Crippen LogP contribution in [0.4, 0.5) is 0 Å². The number of rotatable bonds is 3. The molecule has 1 rings (SSSR count). The van der Waals surface area contributed by atoms with Gasteiger partial charge in [0.05, 0.1) is 0 Å². The lowest BCUT2D eigenvalue weighted by atomic mass is 10.4. The molecular formula is C12H21NS3Si. The van der Waals surface area contributed by atoms with Gasteiger partial charge in [0.25, 0.3) is 0 Å². The van der Waals surface area contributed by atoms with E-state index < -0.39 is 8.07 Å². The quantitative estimate of drug-likeness (QED) is 0.573. The lowest BCUT2D eigenvalue weighted by Gasteiger charge is -2.04. The van der Waals surface area contributed by atoms with Crippen molar-refractivity contribution in [3.8, 4) is 10.8 Å². The van der Waals surface area contributed by atoms with Crippen molar-refractivity contribution in [1.29, 1.82) is 0 Å². The van der Waals surface area contributed by atoms with Gasteiger partial charge in [0, 0.05) is 22.8 Å². The molecule has 1 atom stereocenters. The molecule has 0 amide bonds. The molecule has 0 bridgehead atoms. The number of nitrogens with zero attached hydrogens (tertiary/aromatic N) is 1. The summed E-state index contributed by atoms with van der Waals surface area (Å²) in [5.41, 5.74) is 3.39. The Labute approximate surface area is 119 Å². The van der Waals surface area contributed by atoms with Gasteiger partial charge in [0.15, 0.2) is 0 Å². The van der Waals surface area contributed by atoms with E-state index in [4.69, 9.17) is 0 Å². The van der Waals surface area contributed by atoms with Crippen molar-refractivity contribution in [3.63, 3.8) is 0 Å². The minimum atomic E-state index is -1.19. The summed E-state index contributed by atoms with van der Waals surface area (Å²) in [6, 6.07) is 0.420. The number of thioether (sulfide) groups is 3. The van der Waals surface area contributed by atoms with Gasteiger partial charge in [-0.1, -0.05) is 54.9 Å². The van der Waals surface area contributed by atoms with E-state index in [0.717, 1.165) is 5.75 Å². The first-order valence-electron chi connectivity index (χ1n) is 5.88. The zero-order valence-corrected chi connectivity index (χ0v) is 14.7. The molecule has 1 fully saturated rings. The SMILES string of the molecule is CC(C)N=C1SCC(CSC#C[Si](C)(C)C)S1. The first kappa shape index (κ1) is 15.6. The molecule has 17 heavy (non-hydrogen) atoms. The lowest BCUT2D eigenvalue weighted by molar-refractivity contribution is 0.842. The van der Waals surface area contributed by atoms with Gasteiger partial charge in [-0.25, -0.2) is 0 Å². The van der Waals surface area contributed by atoms with Gasteiger partial charge in [-0.3, -0.25) is 4.99 Å². The van der Waals surface area contributed by atoms with Crippen LogP contribution in [-0.4, -0.2) is 35.2 Å². The normalized spacial score (nSPS) is 22.9. The van der Waals surface area contributed by atoms with Crippen LogP contribution in [0.1, 0.15) is 13.8 Å². The van der Waals surface area contributed by atoms with E-state index in [1.165, 1.54) is 10.1 Å². The molecule has 1 heterocycles. The average Bonchev–Trinajstić information content (AvgIpc) is 2.58. The minimum absolute atomic E-state index is 0.420. The fourth-order valence-electron chi connectivity index (χ4n) is 1.06. The minimum Gasteiger partial charge on any atom is -0.269 e. The van der Waals surface area contributed by atoms with Crippen molar-refractivity contribution in [3.05, 3.63) is 0 Å². The molecule has 1 aliphatic rings. The zero-order chi connectivity index (χ0) is 12.9.